The average Bonchev–Trinajstić information content (AvgIpc) is 2.27. The third kappa shape index (κ3) is 3.87. The molecule has 1 aliphatic rings. The van der Waals surface area contributed by atoms with Gasteiger partial charge in [0.1, 0.15) is 17.7 Å². The molecule has 1 aliphatic heterocycles. The van der Waals surface area contributed by atoms with Crippen LogP contribution in [0.4, 0.5) is 0 Å². The number of hydrogen-bond donors (Lipinski definition) is 0. The minimum atomic E-state index is 0.167. The molecule has 0 bridgehead atoms. The number of likely N-dealkylation sites (tertiary alicyclic amines) is 1. The van der Waals surface area contributed by atoms with Gasteiger partial charge in [0, 0.05) is 19.3 Å². The summed E-state index contributed by atoms with van der Waals surface area (Å²) in [4.78, 5) is 2.25. The van der Waals surface area contributed by atoms with E-state index < -0.39 is 0 Å². The number of hydrogen-bond acceptors (Lipinski definition) is 3. The lowest BCUT2D eigenvalue weighted by atomic mass is 10.1. The van der Waals surface area contributed by atoms with Gasteiger partial charge >= 0.3 is 0 Å². The molecule has 1 rings (SSSR count). The fourth-order valence-electron chi connectivity index (χ4n) is 1.69. The van der Waals surface area contributed by atoms with Gasteiger partial charge < -0.3 is 4.90 Å². The first kappa shape index (κ1) is 11.3. The molecule has 0 spiro atoms. The van der Waals surface area contributed by atoms with Crippen molar-refractivity contribution < 1.29 is 0 Å². The number of nitriles is 2. The van der Waals surface area contributed by atoms with Crippen LogP contribution in [0.2, 0.25) is 0 Å². The average molecular weight is 201 g/mol. The maximum Gasteiger partial charge on any atom is 0.129 e. The second kappa shape index (κ2) is 5.88. The summed E-state index contributed by atoms with van der Waals surface area (Å²) in [5, 5.41) is 17.2. The quantitative estimate of drug-likeness (QED) is 0.509. The summed E-state index contributed by atoms with van der Waals surface area (Å²) in [6, 6.07) is 3.72. The maximum absolute atomic E-state index is 8.60. The van der Waals surface area contributed by atoms with Gasteiger partial charge in [0.25, 0.3) is 0 Å². The van der Waals surface area contributed by atoms with E-state index in [1.807, 2.05) is 25.3 Å². The van der Waals surface area contributed by atoms with Crippen LogP contribution in [-0.4, -0.2) is 18.0 Å². The fourth-order valence-corrected chi connectivity index (χ4v) is 1.69. The molecule has 78 valence electrons. The van der Waals surface area contributed by atoms with E-state index in [9.17, 15) is 0 Å². The lowest BCUT2D eigenvalue weighted by Crippen LogP contribution is -2.24. The van der Waals surface area contributed by atoms with Gasteiger partial charge in [-0.3, -0.25) is 0 Å². The highest BCUT2D eigenvalue weighted by molar-refractivity contribution is 5.40. The van der Waals surface area contributed by atoms with Crippen LogP contribution in [0.5, 0.6) is 0 Å². The van der Waals surface area contributed by atoms with Crippen LogP contribution < -0.4 is 0 Å². The molecule has 0 atom stereocenters. The Kier molecular flexibility index (Phi) is 4.44. The predicted molar refractivity (Wildman–Crippen MR) is 58.5 cm³/mol. The Bertz CT molecular complexity index is 330. The van der Waals surface area contributed by atoms with Crippen molar-refractivity contribution in [1.82, 2.24) is 4.90 Å². The van der Waals surface area contributed by atoms with Crippen LogP contribution in [-0.2, 0) is 0 Å². The monoisotopic (exact) mass is 201 g/mol. The van der Waals surface area contributed by atoms with E-state index in [1.165, 1.54) is 19.3 Å². The Morgan fingerprint density at radius 1 is 1.13 bits per heavy atom. The zero-order chi connectivity index (χ0) is 11.1. The van der Waals surface area contributed by atoms with Gasteiger partial charge in [-0.2, -0.15) is 10.5 Å². The Balaban J connectivity index is 2.63. The predicted octanol–water partition coefficient (Wildman–Crippen LogP) is 2.35. The Morgan fingerprint density at radius 3 is 2.27 bits per heavy atom. The number of nitrogens with zero attached hydrogens (tertiary/aromatic N) is 3. The standard InChI is InChI=1S/C12H15N3/c1-11(7-12(8-13)9-14)10-15-5-3-2-4-6-15/h7,10H,2-6H2,1H3/b11-10+. The van der Waals surface area contributed by atoms with Crippen molar-refractivity contribution in [2.75, 3.05) is 13.1 Å². The summed E-state index contributed by atoms with van der Waals surface area (Å²) in [6.07, 6.45) is 7.44. The second-order valence-corrected chi connectivity index (χ2v) is 3.75. The maximum atomic E-state index is 8.60. The van der Waals surface area contributed by atoms with Crippen LogP contribution >= 0.6 is 0 Å². The molecule has 0 unspecified atom stereocenters. The zero-order valence-corrected chi connectivity index (χ0v) is 9.03. The van der Waals surface area contributed by atoms with Crippen molar-refractivity contribution >= 4 is 0 Å². The highest BCUT2D eigenvalue weighted by Gasteiger charge is 2.05. The third-order valence-electron chi connectivity index (χ3n) is 2.39. The molecule has 1 heterocycles. The van der Waals surface area contributed by atoms with Gasteiger partial charge in [-0.25, -0.2) is 0 Å². The van der Waals surface area contributed by atoms with Crippen molar-refractivity contribution in [3.63, 3.8) is 0 Å². The first-order valence-corrected chi connectivity index (χ1v) is 5.20. The van der Waals surface area contributed by atoms with Gasteiger partial charge in [-0.1, -0.05) is 0 Å². The van der Waals surface area contributed by atoms with Crippen molar-refractivity contribution in [3.05, 3.63) is 23.4 Å². The fraction of sp³-hybridized carbons (Fsp3) is 0.500. The Hall–Kier alpha value is -1.74. The largest absolute Gasteiger partial charge is 0.377 e. The molecule has 3 heteroatoms. The van der Waals surface area contributed by atoms with Gasteiger partial charge in [-0.05, 0) is 37.8 Å². The molecule has 0 saturated carbocycles. The second-order valence-electron chi connectivity index (χ2n) is 3.75. The highest BCUT2D eigenvalue weighted by atomic mass is 15.1. The first-order chi connectivity index (χ1) is 7.26. The van der Waals surface area contributed by atoms with Crippen molar-refractivity contribution in [3.8, 4) is 12.1 Å². The molecular formula is C12H15N3. The normalized spacial score (nSPS) is 16.5. The van der Waals surface area contributed by atoms with Crippen LogP contribution in [0.15, 0.2) is 23.4 Å². The van der Waals surface area contributed by atoms with Gasteiger partial charge in [0.2, 0.25) is 0 Å². The molecule has 3 nitrogen and oxygen atoms in total. The molecule has 1 fully saturated rings. The molecule has 0 aromatic rings. The Morgan fingerprint density at radius 2 is 1.73 bits per heavy atom. The van der Waals surface area contributed by atoms with Crippen LogP contribution in [0.25, 0.3) is 0 Å². The molecule has 0 radical (unpaired) electrons. The Labute approximate surface area is 90.9 Å². The van der Waals surface area contributed by atoms with Gasteiger partial charge in [0.05, 0.1) is 0 Å². The molecule has 0 amide bonds. The summed E-state index contributed by atoms with van der Waals surface area (Å²) in [6.45, 7) is 4.09. The molecule has 0 aliphatic carbocycles. The van der Waals surface area contributed by atoms with E-state index in [2.05, 4.69) is 4.90 Å². The van der Waals surface area contributed by atoms with E-state index in [1.54, 1.807) is 6.08 Å². The number of allylic oxidation sites excluding steroid dienone is 3. The van der Waals surface area contributed by atoms with Crippen LogP contribution in [0.1, 0.15) is 26.2 Å². The van der Waals surface area contributed by atoms with Crippen molar-refractivity contribution in [1.29, 1.82) is 10.5 Å². The minimum Gasteiger partial charge on any atom is -0.377 e. The lowest BCUT2D eigenvalue weighted by Gasteiger charge is -2.25. The molecule has 15 heavy (non-hydrogen) atoms. The van der Waals surface area contributed by atoms with E-state index in [-0.39, 0.29) is 5.57 Å². The molecular weight excluding hydrogens is 186 g/mol. The molecule has 0 aromatic heterocycles. The van der Waals surface area contributed by atoms with E-state index in [0.717, 1.165) is 18.7 Å². The summed E-state index contributed by atoms with van der Waals surface area (Å²) >= 11 is 0. The topological polar surface area (TPSA) is 50.8 Å². The summed E-state index contributed by atoms with van der Waals surface area (Å²) in [5.74, 6) is 0. The van der Waals surface area contributed by atoms with Crippen LogP contribution in [0, 0.1) is 22.7 Å². The van der Waals surface area contributed by atoms with Gasteiger partial charge in [-0.15, -0.1) is 0 Å². The van der Waals surface area contributed by atoms with Gasteiger partial charge in [0.15, 0.2) is 0 Å². The third-order valence-corrected chi connectivity index (χ3v) is 2.39. The number of rotatable bonds is 2. The van der Waals surface area contributed by atoms with Crippen molar-refractivity contribution in [2.24, 2.45) is 0 Å². The van der Waals surface area contributed by atoms with E-state index >= 15 is 0 Å². The van der Waals surface area contributed by atoms with E-state index in [4.69, 9.17) is 10.5 Å². The lowest BCUT2D eigenvalue weighted by molar-refractivity contribution is 0.308. The smallest absolute Gasteiger partial charge is 0.129 e. The van der Waals surface area contributed by atoms with Crippen molar-refractivity contribution in [2.45, 2.75) is 26.2 Å². The zero-order valence-electron chi connectivity index (χ0n) is 9.03. The summed E-state index contributed by atoms with van der Waals surface area (Å²) in [5.41, 5.74) is 1.13. The van der Waals surface area contributed by atoms with E-state index in [0.29, 0.717) is 0 Å². The SMILES string of the molecule is C/C(C=C(C#N)C#N)=C\N1CCCCC1. The summed E-state index contributed by atoms with van der Waals surface area (Å²) in [7, 11) is 0. The van der Waals surface area contributed by atoms with Crippen LogP contribution in [0.3, 0.4) is 0 Å². The first-order valence-electron chi connectivity index (χ1n) is 5.20. The minimum absolute atomic E-state index is 0.167. The highest BCUT2D eigenvalue weighted by Crippen LogP contribution is 2.11. The number of piperidine rings is 1. The molecule has 0 N–H and O–H groups in total. The molecule has 0 aromatic carbocycles. The molecule has 1 saturated heterocycles. The summed E-state index contributed by atoms with van der Waals surface area (Å²) < 4.78 is 0.